The molecule has 8 N–H and O–H groups in total. The first-order chi connectivity index (χ1) is 12.9. The van der Waals surface area contributed by atoms with Crippen molar-refractivity contribution in [3.63, 3.8) is 0 Å². The van der Waals surface area contributed by atoms with Gasteiger partial charge in [0, 0.05) is 29.2 Å². The third-order valence-corrected chi connectivity index (χ3v) is 6.58. The van der Waals surface area contributed by atoms with Gasteiger partial charge in [0.25, 0.3) is 0 Å². The van der Waals surface area contributed by atoms with Crippen molar-refractivity contribution in [2.24, 2.45) is 28.0 Å². The van der Waals surface area contributed by atoms with Crippen LogP contribution in [-0.4, -0.2) is 42.3 Å². The van der Waals surface area contributed by atoms with Crippen LogP contribution in [0.15, 0.2) is 0 Å². The molecule has 0 saturated heterocycles. The molecule has 3 atom stereocenters. The molecule has 2 unspecified atom stereocenters. The van der Waals surface area contributed by atoms with Crippen LogP contribution in [0.2, 0.25) is 0 Å². The lowest BCUT2D eigenvalue weighted by molar-refractivity contribution is 0.0742. The molecule has 0 aromatic rings. The van der Waals surface area contributed by atoms with Crippen LogP contribution in [0, 0.1) is 10.8 Å². The Balaban J connectivity index is 4.96. The molecule has 0 saturated carbocycles. The van der Waals surface area contributed by atoms with Gasteiger partial charge in [-0.3, -0.25) is 0 Å². The van der Waals surface area contributed by atoms with Crippen LogP contribution in [0.3, 0.4) is 0 Å². The number of nitrogens with two attached hydrogens (primary N) is 3. The van der Waals surface area contributed by atoms with E-state index in [9.17, 15) is 0 Å². The highest BCUT2D eigenvalue weighted by molar-refractivity contribution is 5.01. The average molecular weight is 414 g/mol. The molecule has 0 amide bonds. The Labute approximate surface area is 182 Å². The van der Waals surface area contributed by atoms with Crippen molar-refractivity contribution in [1.29, 1.82) is 0 Å². The maximum atomic E-state index is 6.55. The first-order valence-electron chi connectivity index (χ1n) is 11.7. The van der Waals surface area contributed by atoms with Gasteiger partial charge in [-0.1, -0.05) is 41.0 Å². The summed E-state index contributed by atoms with van der Waals surface area (Å²) in [7, 11) is 0. The maximum absolute atomic E-state index is 6.55. The molecule has 176 valence electrons. The van der Waals surface area contributed by atoms with E-state index < -0.39 is 0 Å². The standard InChI is InChI=1S/C24H55N5/c1-11-12-24(10,29-22(7,8)15-19(2)26)21(5,6)13-14-28-18-23(9,27)16-20(3,4)17-25/h19,28-29H,11-18,25-27H2,1-10H3/t19-,23?,24?/m0/s1. The van der Waals surface area contributed by atoms with Crippen LogP contribution < -0.4 is 27.8 Å². The van der Waals surface area contributed by atoms with Crippen molar-refractivity contribution in [1.82, 2.24) is 10.6 Å². The summed E-state index contributed by atoms with van der Waals surface area (Å²) in [6.07, 6.45) is 5.25. The van der Waals surface area contributed by atoms with Gasteiger partial charge >= 0.3 is 0 Å². The van der Waals surface area contributed by atoms with E-state index in [4.69, 9.17) is 17.2 Å². The quantitative estimate of drug-likeness (QED) is 0.263. The molecule has 5 nitrogen and oxygen atoms in total. The molecule has 0 aromatic carbocycles. The van der Waals surface area contributed by atoms with Crippen LogP contribution in [0.25, 0.3) is 0 Å². The zero-order chi connectivity index (χ0) is 23.1. The van der Waals surface area contributed by atoms with Crippen LogP contribution >= 0.6 is 0 Å². The molecule has 0 spiro atoms. The molecule has 0 aliphatic heterocycles. The summed E-state index contributed by atoms with van der Waals surface area (Å²) in [6, 6.07) is 0.188. The molecule has 0 bridgehead atoms. The summed E-state index contributed by atoms with van der Waals surface area (Å²) < 4.78 is 0. The summed E-state index contributed by atoms with van der Waals surface area (Å²) in [5.74, 6) is 0. The first-order valence-corrected chi connectivity index (χ1v) is 11.7. The molecule has 29 heavy (non-hydrogen) atoms. The van der Waals surface area contributed by atoms with E-state index in [1.165, 1.54) is 0 Å². The second-order valence-corrected chi connectivity index (χ2v) is 12.3. The Morgan fingerprint density at radius 1 is 0.931 bits per heavy atom. The average Bonchev–Trinajstić information content (AvgIpc) is 2.48. The molecular formula is C24H55N5. The third kappa shape index (κ3) is 10.6. The van der Waals surface area contributed by atoms with Crippen molar-refractivity contribution < 1.29 is 0 Å². The third-order valence-electron chi connectivity index (χ3n) is 6.58. The fourth-order valence-corrected chi connectivity index (χ4v) is 4.95. The largest absolute Gasteiger partial charge is 0.330 e. The minimum atomic E-state index is -0.253. The summed E-state index contributed by atoms with van der Waals surface area (Å²) >= 11 is 0. The molecule has 0 rings (SSSR count). The number of hydrogen-bond donors (Lipinski definition) is 5. The second kappa shape index (κ2) is 10.9. The molecule has 5 heteroatoms. The second-order valence-electron chi connectivity index (χ2n) is 12.3. The van der Waals surface area contributed by atoms with Crippen LogP contribution in [0.4, 0.5) is 0 Å². The molecule has 0 radical (unpaired) electrons. The Morgan fingerprint density at radius 3 is 1.93 bits per heavy atom. The lowest BCUT2D eigenvalue weighted by Gasteiger charge is -2.50. The van der Waals surface area contributed by atoms with E-state index in [2.05, 4.69) is 79.9 Å². The van der Waals surface area contributed by atoms with E-state index in [-0.39, 0.29) is 33.5 Å². The molecule has 0 heterocycles. The Hall–Kier alpha value is -0.200. The lowest BCUT2D eigenvalue weighted by atomic mass is 9.67. The fraction of sp³-hybridized carbons (Fsp3) is 1.00. The maximum Gasteiger partial charge on any atom is 0.0257 e. The summed E-state index contributed by atoms with van der Waals surface area (Å²) in [4.78, 5) is 0. The van der Waals surface area contributed by atoms with E-state index >= 15 is 0 Å². The van der Waals surface area contributed by atoms with E-state index in [0.29, 0.717) is 6.54 Å². The molecular weight excluding hydrogens is 358 g/mol. The zero-order valence-corrected chi connectivity index (χ0v) is 21.5. The van der Waals surface area contributed by atoms with Gasteiger partial charge in [0.15, 0.2) is 0 Å². The highest BCUT2D eigenvalue weighted by Crippen LogP contribution is 2.39. The summed E-state index contributed by atoms with van der Waals surface area (Å²) in [5.41, 5.74) is 18.5. The predicted octanol–water partition coefficient (Wildman–Crippen LogP) is 3.75. The minimum absolute atomic E-state index is 0.00637. The minimum Gasteiger partial charge on any atom is -0.330 e. The van der Waals surface area contributed by atoms with E-state index in [0.717, 1.165) is 45.2 Å². The van der Waals surface area contributed by atoms with Crippen LogP contribution in [-0.2, 0) is 0 Å². The van der Waals surface area contributed by atoms with Crippen molar-refractivity contribution in [2.75, 3.05) is 19.6 Å². The predicted molar refractivity (Wildman–Crippen MR) is 130 cm³/mol. The summed E-state index contributed by atoms with van der Waals surface area (Å²) in [6.45, 7) is 25.0. The number of nitrogens with one attached hydrogen (secondary N) is 2. The smallest absolute Gasteiger partial charge is 0.0257 e. The van der Waals surface area contributed by atoms with E-state index in [1.807, 2.05) is 0 Å². The normalized spacial score (nSPS) is 18.9. The number of rotatable bonds is 15. The highest BCUT2D eigenvalue weighted by Gasteiger charge is 2.43. The van der Waals surface area contributed by atoms with Crippen LogP contribution in [0.1, 0.15) is 101 Å². The van der Waals surface area contributed by atoms with Gasteiger partial charge in [-0.2, -0.15) is 0 Å². The topological polar surface area (TPSA) is 102 Å². The fourth-order valence-electron chi connectivity index (χ4n) is 4.95. The SMILES string of the molecule is CCCC(C)(NC(C)(C)C[C@H](C)N)C(C)(C)CCNCC(C)(N)CC(C)(C)CN. The molecule has 0 aromatic heterocycles. The molecule has 0 fully saturated rings. The first kappa shape index (κ1) is 28.8. The van der Waals surface area contributed by atoms with Gasteiger partial charge in [0.2, 0.25) is 0 Å². The van der Waals surface area contributed by atoms with Crippen molar-refractivity contribution in [3.05, 3.63) is 0 Å². The van der Waals surface area contributed by atoms with Gasteiger partial charge in [0.05, 0.1) is 0 Å². The lowest BCUT2D eigenvalue weighted by Crippen LogP contribution is -2.62. The monoisotopic (exact) mass is 413 g/mol. The Morgan fingerprint density at radius 2 is 1.48 bits per heavy atom. The van der Waals surface area contributed by atoms with Gasteiger partial charge < -0.3 is 27.8 Å². The molecule has 0 aliphatic carbocycles. The Bertz CT molecular complexity index is 468. The molecule has 0 aliphatic rings. The summed E-state index contributed by atoms with van der Waals surface area (Å²) in [5, 5.41) is 7.62. The highest BCUT2D eigenvalue weighted by atomic mass is 15.1. The van der Waals surface area contributed by atoms with Gasteiger partial charge in [0.1, 0.15) is 0 Å². The van der Waals surface area contributed by atoms with Crippen molar-refractivity contribution >= 4 is 0 Å². The zero-order valence-electron chi connectivity index (χ0n) is 21.5. The van der Waals surface area contributed by atoms with Crippen molar-refractivity contribution in [2.45, 2.75) is 124 Å². The Kier molecular flexibility index (Phi) is 10.8. The van der Waals surface area contributed by atoms with E-state index in [1.54, 1.807) is 0 Å². The number of hydrogen-bond acceptors (Lipinski definition) is 5. The van der Waals surface area contributed by atoms with Gasteiger partial charge in [-0.25, -0.2) is 0 Å². The van der Waals surface area contributed by atoms with Gasteiger partial charge in [-0.05, 0) is 84.2 Å². The van der Waals surface area contributed by atoms with Gasteiger partial charge in [-0.15, -0.1) is 0 Å². The van der Waals surface area contributed by atoms with Crippen LogP contribution in [0.5, 0.6) is 0 Å². The van der Waals surface area contributed by atoms with Crippen molar-refractivity contribution in [3.8, 4) is 0 Å².